The van der Waals surface area contributed by atoms with Gasteiger partial charge in [-0.25, -0.2) is 4.84 Å². The van der Waals surface area contributed by atoms with Crippen molar-refractivity contribution in [3.8, 4) is 12.3 Å². The summed E-state index contributed by atoms with van der Waals surface area (Å²) in [6.45, 7) is 4.00. The number of aldehydes is 1. The maximum Gasteiger partial charge on any atom is 0.327 e. The fourth-order valence-electron chi connectivity index (χ4n) is 1.34. The topological polar surface area (TPSA) is 68.1 Å². The van der Waals surface area contributed by atoms with Gasteiger partial charge in [0.25, 0.3) is 0 Å². The third-order valence-electron chi connectivity index (χ3n) is 2.34. The number of carbonyl (C=O) groups excluding carboxylic acids is 1. The van der Waals surface area contributed by atoms with E-state index in [4.69, 9.17) is 10.8 Å². The molecule has 3 N–H and O–H groups in total. The van der Waals surface area contributed by atoms with Crippen LogP contribution in [0.4, 0.5) is 11.6 Å². The van der Waals surface area contributed by atoms with E-state index < -0.39 is 0 Å². The molecule has 22 heavy (non-hydrogen) atoms. The summed E-state index contributed by atoms with van der Waals surface area (Å²) >= 11 is 0. The molecule has 0 spiro atoms. The molecule has 0 unspecified atom stereocenters. The fraction of sp³-hybridized carbons (Fsp3) is 0.235. The van der Waals surface area contributed by atoms with Gasteiger partial charge < -0.3 is 9.73 Å². The molecule has 2 rings (SSSR count). The Kier molecular flexibility index (Phi) is 10.8. The SMILES string of the molecule is C#Cc1ccc(NC)cc1.CC.CO[NH2+]c1ccc(C=O)o1. The van der Waals surface area contributed by atoms with Crippen LogP contribution >= 0.6 is 0 Å². The van der Waals surface area contributed by atoms with Crippen LogP contribution in [0.3, 0.4) is 0 Å². The number of hydrogen-bond acceptors (Lipinski definition) is 4. The lowest BCUT2D eigenvalue weighted by Crippen LogP contribution is -2.75. The number of rotatable bonds is 4. The monoisotopic (exact) mass is 303 g/mol. The number of terminal acetylenes is 1. The molecule has 1 aromatic carbocycles. The first-order valence-corrected chi connectivity index (χ1v) is 6.89. The van der Waals surface area contributed by atoms with Crippen molar-refractivity contribution in [1.82, 2.24) is 0 Å². The Morgan fingerprint density at radius 1 is 1.23 bits per heavy atom. The zero-order chi connectivity index (χ0) is 16.8. The van der Waals surface area contributed by atoms with Crippen LogP contribution in [0.25, 0.3) is 0 Å². The minimum Gasteiger partial charge on any atom is -0.407 e. The first-order chi connectivity index (χ1) is 10.7. The fourth-order valence-corrected chi connectivity index (χ4v) is 1.34. The molecule has 1 aromatic heterocycles. The van der Waals surface area contributed by atoms with E-state index in [0.717, 1.165) is 11.3 Å². The quantitative estimate of drug-likeness (QED) is 0.517. The zero-order valence-corrected chi connectivity index (χ0v) is 13.4. The molecule has 0 saturated carbocycles. The lowest BCUT2D eigenvalue weighted by atomic mass is 10.2. The molecule has 0 fully saturated rings. The van der Waals surface area contributed by atoms with Crippen molar-refractivity contribution in [2.24, 2.45) is 0 Å². The van der Waals surface area contributed by atoms with Crippen LogP contribution in [0.15, 0.2) is 40.8 Å². The number of furan rings is 1. The average Bonchev–Trinajstić information content (AvgIpc) is 3.05. The van der Waals surface area contributed by atoms with Crippen molar-refractivity contribution in [2.75, 3.05) is 19.5 Å². The lowest BCUT2D eigenvalue weighted by molar-refractivity contribution is -0.837. The summed E-state index contributed by atoms with van der Waals surface area (Å²) in [5.74, 6) is 3.41. The van der Waals surface area contributed by atoms with Gasteiger partial charge in [-0.15, -0.1) is 11.9 Å². The van der Waals surface area contributed by atoms with E-state index in [1.807, 2.05) is 45.2 Å². The molecule has 0 aliphatic heterocycles. The summed E-state index contributed by atoms with van der Waals surface area (Å²) in [5, 5.41) is 3.01. The number of benzene rings is 1. The van der Waals surface area contributed by atoms with Gasteiger partial charge in [0.2, 0.25) is 0 Å². The summed E-state index contributed by atoms with van der Waals surface area (Å²) in [5.41, 5.74) is 3.42. The molecule has 0 amide bonds. The number of carbonyl (C=O) groups is 1. The molecule has 0 saturated heterocycles. The predicted octanol–water partition coefficient (Wildman–Crippen LogP) is 2.58. The molecule has 5 nitrogen and oxygen atoms in total. The highest BCUT2D eigenvalue weighted by molar-refractivity contribution is 5.70. The number of nitrogens with one attached hydrogen (secondary N) is 1. The van der Waals surface area contributed by atoms with Crippen LogP contribution in [0.2, 0.25) is 0 Å². The molecule has 5 heteroatoms. The molecule has 0 atom stereocenters. The Labute approximate surface area is 131 Å². The molecule has 0 radical (unpaired) electrons. The standard InChI is InChI=1S/C9H9N.C6H7NO3.C2H6/c1-3-8-4-6-9(10-2)7-5-8;1-9-7-6-3-2-5(4-8)10-6;1-2/h1,4-7,10H,2H3;2-4,7H,1H3;1-2H3/p+1. The number of nitrogens with two attached hydrogens (primary N) is 1. The van der Waals surface area contributed by atoms with E-state index in [0.29, 0.717) is 17.9 Å². The van der Waals surface area contributed by atoms with Crippen molar-refractivity contribution < 1.29 is 19.5 Å². The van der Waals surface area contributed by atoms with Gasteiger partial charge in [0, 0.05) is 24.4 Å². The molecule has 2 aromatic rings. The van der Waals surface area contributed by atoms with Crippen molar-refractivity contribution in [1.29, 1.82) is 0 Å². The normalized spacial score (nSPS) is 8.50. The summed E-state index contributed by atoms with van der Waals surface area (Å²) < 4.78 is 4.92. The van der Waals surface area contributed by atoms with Gasteiger partial charge in [0.05, 0.1) is 7.11 Å². The van der Waals surface area contributed by atoms with Gasteiger partial charge in [-0.05, 0) is 30.3 Å². The summed E-state index contributed by atoms with van der Waals surface area (Å²) in [6, 6.07) is 11.0. The van der Waals surface area contributed by atoms with Gasteiger partial charge >= 0.3 is 5.88 Å². The molecule has 118 valence electrons. The summed E-state index contributed by atoms with van der Waals surface area (Å²) in [7, 11) is 3.40. The van der Waals surface area contributed by atoms with E-state index in [1.165, 1.54) is 12.6 Å². The Bertz CT molecular complexity index is 568. The largest absolute Gasteiger partial charge is 0.407 e. The van der Waals surface area contributed by atoms with Crippen LogP contribution in [-0.4, -0.2) is 20.4 Å². The Balaban J connectivity index is 0.000000360. The minimum atomic E-state index is 0.309. The summed E-state index contributed by atoms with van der Waals surface area (Å²) in [6.07, 6.45) is 5.82. The molecule has 0 bridgehead atoms. The second-order valence-corrected chi connectivity index (χ2v) is 3.68. The predicted molar refractivity (Wildman–Crippen MR) is 88.0 cm³/mol. The third kappa shape index (κ3) is 7.29. The second kappa shape index (κ2) is 12.2. The molecule has 0 aliphatic carbocycles. The van der Waals surface area contributed by atoms with Crippen LogP contribution in [0.5, 0.6) is 0 Å². The maximum atomic E-state index is 10.1. The molecular weight excluding hydrogens is 280 g/mol. The van der Waals surface area contributed by atoms with Crippen LogP contribution in [-0.2, 0) is 4.84 Å². The van der Waals surface area contributed by atoms with E-state index in [-0.39, 0.29) is 0 Å². The van der Waals surface area contributed by atoms with Gasteiger partial charge in [0.15, 0.2) is 12.0 Å². The van der Waals surface area contributed by atoms with Crippen molar-refractivity contribution in [2.45, 2.75) is 13.8 Å². The number of quaternary nitrogens is 1. The number of hydrogen-bond donors (Lipinski definition) is 2. The van der Waals surface area contributed by atoms with E-state index in [1.54, 1.807) is 12.1 Å². The van der Waals surface area contributed by atoms with E-state index >= 15 is 0 Å². The highest BCUT2D eigenvalue weighted by atomic mass is 16.6. The maximum absolute atomic E-state index is 10.1. The molecule has 1 heterocycles. The highest BCUT2D eigenvalue weighted by Crippen LogP contribution is 2.06. The Morgan fingerprint density at radius 3 is 2.27 bits per heavy atom. The summed E-state index contributed by atoms with van der Waals surface area (Å²) in [4.78, 5) is 14.7. The third-order valence-corrected chi connectivity index (χ3v) is 2.34. The lowest BCUT2D eigenvalue weighted by Gasteiger charge is -1.97. The van der Waals surface area contributed by atoms with Crippen molar-refractivity contribution in [3.63, 3.8) is 0 Å². The van der Waals surface area contributed by atoms with E-state index in [2.05, 4.69) is 16.1 Å². The molecular formula is C17H23N2O3+. The minimum absolute atomic E-state index is 0.309. The first kappa shape index (κ1) is 19.4. The van der Waals surface area contributed by atoms with Gasteiger partial charge in [-0.1, -0.05) is 19.8 Å². The smallest absolute Gasteiger partial charge is 0.327 e. The second-order valence-electron chi connectivity index (χ2n) is 3.68. The Morgan fingerprint density at radius 2 is 1.86 bits per heavy atom. The highest BCUT2D eigenvalue weighted by Gasteiger charge is 2.02. The molecule has 0 aliphatic rings. The van der Waals surface area contributed by atoms with Crippen LogP contribution < -0.4 is 10.8 Å². The average molecular weight is 303 g/mol. The number of anilines is 1. The Hall–Kier alpha value is -2.55. The van der Waals surface area contributed by atoms with Gasteiger partial charge in [0.1, 0.15) is 0 Å². The van der Waals surface area contributed by atoms with Gasteiger partial charge in [-0.3, -0.25) is 4.79 Å². The first-order valence-electron chi connectivity index (χ1n) is 6.89. The van der Waals surface area contributed by atoms with Crippen LogP contribution in [0.1, 0.15) is 30.0 Å². The van der Waals surface area contributed by atoms with E-state index in [9.17, 15) is 4.79 Å². The van der Waals surface area contributed by atoms with Crippen molar-refractivity contribution >= 4 is 17.9 Å². The zero-order valence-electron chi connectivity index (χ0n) is 13.4. The van der Waals surface area contributed by atoms with Crippen molar-refractivity contribution in [3.05, 3.63) is 47.7 Å². The van der Waals surface area contributed by atoms with Gasteiger partial charge in [-0.2, -0.15) is 0 Å². The van der Waals surface area contributed by atoms with Crippen LogP contribution in [0, 0.1) is 12.3 Å².